The third-order valence-electron chi connectivity index (χ3n) is 5.65. The van der Waals surface area contributed by atoms with E-state index >= 15 is 0 Å². The van der Waals surface area contributed by atoms with E-state index in [4.69, 9.17) is 0 Å². The van der Waals surface area contributed by atoms with Crippen molar-refractivity contribution in [1.82, 2.24) is 18.8 Å². The van der Waals surface area contributed by atoms with Crippen LogP contribution in [-0.4, -0.2) is 65.1 Å². The van der Waals surface area contributed by atoms with Gasteiger partial charge in [0.1, 0.15) is 0 Å². The Kier molecular flexibility index (Phi) is 5.83. The second-order valence-corrected chi connectivity index (χ2v) is 10.1. The molecule has 1 aliphatic heterocycles. The number of aromatic nitrogens is 2. The number of carbonyl (C=O) groups is 1. The minimum atomic E-state index is -3.14. The van der Waals surface area contributed by atoms with Gasteiger partial charge in [-0.05, 0) is 24.1 Å². The standard InChI is InChI=1S/C22H27N5O3S/c1-16-14-26(31(3,29)30)12-11-25(16)15-18-6-8-19(9-7-18)20-5-4-10-27-21(20)13-22(24-27)23-17(2)28/h4-10,13,16H,11-12,14-15H2,1-3H3,(H,23,24,28). The lowest BCUT2D eigenvalue weighted by Gasteiger charge is -2.38. The average molecular weight is 442 g/mol. The van der Waals surface area contributed by atoms with Gasteiger partial charge in [-0.1, -0.05) is 30.3 Å². The summed E-state index contributed by atoms with van der Waals surface area (Å²) in [6.45, 7) is 6.09. The maximum Gasteiger partial charge on any atom is 0.222 e. The number of piperazine rings is 1. The molecule has 3 aromatic rings. The van der Waals surface area contributed by atoms with E-state index in [1.165, 1.54) is 18.7 Å². The van der Waals surface area contributed by atoms with E-state index in [9.17, 15) is 13.2 Å². The molecule has 0 spiro atoms. The number of nitrogens with zero attached hydrogens (tertiary/aromatic N) is 4. The van der Waals surface area contributed by atoms with Crippen molar-refractivity contribution in [2.75, 3.05) is 31.2 Å². The van der Waals surface area contributed by atoms with Crippen molar-refractivity contribution in [1.29, 1.82) is 0 Å². The molecule has 0 aliphatic carbocycles. The van der Waals surface area contributed by atoms with Gasteiger partial charge in [-0.2, -0.15) is 9.40 Å². The zero-order valence-corrected chi connectivity index (χ0v) is 18.8. The quantitative estimate of drug-likeness (QED) is 0.657. The van der Waals surface area contributed by atoms with Crippen LogP contribution >= 0.6 is 0 Å². The Labute approximate surface area is 182 Å². The first-order valence-electron chi connectivity index (χ1n) is 10.3. The summed E-state index contributed by atoms with van der Waals surface area (Å²) >= 11 is 0. The smallest absolute Gasteiger partial charge is 0.222 e. The van der Waals surface area contributed by atoms with Crippen LogP contribution in [0.1, 0.15) is 19.4 Å². The Balaban J connectivity index is 1.50. The van der Waals surface area contributed by atoms with Crippen molar-refractivity contribution in [2.24, 2.45) is 0 Å². The third-order valence-corrected chi connectivity index (χ3v) is 6.92. The van der Waals surface area contributed by atoms with E-state index in [2.05, 4.69) is 46.5 Å². The number of sulfonamides is 1. The minimum absolute atomic E-state index is 0.152. The van der Waals surface area contributed by atoms with Crippen LogP contribution in [-0.2, 0) is 21.4 Å². The van der Waals surface area contributed by atoms with Crippen LogP contribution in [0, 0.1) is 0 Å². The summed E-state index contributed by atoms with van der Waals surface area (Å²) in [7, 11) is -3.14. The van der Waals surface area contributed by atoms with Crippen molar-refractivity contribution in [2.45, 2.75) is 26.4 Å². The van der Waals surface area contributed by atoms with E-state index in [0.717, 1.165) is 29.7 Å². The molecule has 31 heavy (non-hydrogen) atoms. The van der Waals surface area contributed by atoms with Crippen molar-refractivity contribution in [3.8, 4) is 11.1 Å². The molecule has 1 amide bonds. The molecule has 1 atom stereocenters. The second kappa shape index (κ2) is 8.41. The molecule has 1 saturated heterocycles. The van der Waals surface area contributed by atoms with Crippen LogP contribution in [0.25, 0.3) is 16.6 Å². The molecule has 4 rings (SSSR count). The van der Waals surface area contributed by atoms with E-state index in [-0.39, 0.29) is 11.9 Å². The van der Waals surface area contributed by atoms with E-state index in [1.54, 1.807) is 8.82 Å². The van der Waals surface area contributed by atoms with Crippen LogP contribution in [0.5, 0.6) is 0 Å². The first-order valence-corrected chi connectivity index (χ1v) is 12.1. The highest BCUT2D eigenvalue weighted by Gasteiger charge is 2.28. The van der Waals surface area contributed by atoms with Crippen molar-refractivity contribution >= 4 is 27.3 Å². The number of amides is 1. The fourth-order valence-corrected chi connectivity index (χ4v) is 4.92. The average Bonchev–Trinajstić information content (AvgIpc) is 3.11. The maximum atomic E-state index is 11.8. The lowest BCUT2D eigenvalue weighted by atomic mass is 10.0. The molecule has 1 unspecified atom stereocenters. The highest BCUT2D eigenvalue weighted by Crippen LogP contribution is 2.27. The summed E-state index contributed by atoms with van der Waals surface area (Å²) in [4.78, 5) is 13.7. The van der Waals surface area contributed by atoms with Crippen molar-refractivity contribution in [3.05, 3.63) is 54.2 Å². The summed E-state index contributed by atoms with van der Waals surface area (Å²) < 4.78 is 26.9. The van der Waals surface area contributed by atoms with Crippen LogP contribution < -0.4 is 5.32 Å². The largest absolute Gasteiger partial charge is 0.309 e. The lowest BCUT2D eigenvalue weighted by molar-refractivity contribution is -0.114. The molecule has 2 aromatic heterocycles. The number of benzene rings is 1. The molecule has 9 heteroatoms. The summed E-state index contributed by atoms with van der Waals surface area (Å²) in [6, 6.07) is 14.4. The van der Waals surface area contributed by atoms with Gasteiger partial charge in [-0.15, -0.1) is 0 Å². The van der Waals surface area contributed by atoms with Gasteiger partial charge in [0.2, 0.25) is 15.9 Å². The summed E-state index contributed by atoms with van der Waals surface area (Å²) in [5, 5.41) is 7.12. The highest BCUT2D eigenvalue weighted by atomic mass is 32.2. The predicted octanol–water partition coefficient (Wildman–Crippen LogP) is 2.43. The zero-order valence-electron chi connectivity index (χ0n) is 17.9. The Morgan fingerprint density at radius 1 is 1.19 bits per heavy atom. The lowest BCUT2D eigenvalue weighted by Crippen LogP contribution is -2.52. The number of rotatable bonds is 5. The Morgan fingerprint density at radius 3 is 2.58 bits per heavy atom. The highest BCUT2D eigenvalue weighted by molar-refractivity contribution is 7.88. The van der Waals surface area contributed by atoms with Gasteiger partial charge < -0.3 is 5.32 Å². The first kappa shape index (κ1) is 21.5. The second-order valence-electron chi connectivity index (χ2n) is 8.10. The molecular weight excluding hydrogens is 414 g/mol. The number of pyridine rings is 1. The van der Waals surface area contributed by atoms with E-state index in [0.29, 0.717) is 18.9 Å². The third kappa shape index (κ3) is 4.79. The number of nitrogens with one attached hydrogen (secondary N) is 1. The monoisotopic (exact) mass is 441 g/mol. The molecule has 0 bridgehead atoms. The fraction of sp³-hybridized carbons (Fsp3) is 0.364. The summed E-state index contributed by atoms with van der Waals surface area (Å²) in [5.74, 6) is 0.375. The molecule has 3 heterocycles. The van der Waals surface area contributed by atoms with Gasteiger partial charge in [0.15, 0.2) is 5.82 Å². The summed E-state index contributed by atoms with van der Waals surface area (Å²) in [6.07, 6.45) is 3.13. The molecular formula is C22H27N5O3S. The minimum Gasteiger partial charge on any atom is -0.309 e. The molecule has 1 N–H and O–H groups in total. The Hall–Kier alpha value is -2.75. The van der Waals surface area contributed by atoms with E-state index < -0.39 is 10.0 Å². The van der Waals surface area contributed by atoms with Gasteiger partial charge in [-0.25, -0.2) is 12.9 Å². The zero-order chi connectivity index (χ0) is 22.2. The molecule has 164 valence electrons. The first-order chi connectivity index (χ1) is 14.7. The van der Waals surface area contributed by atoms with Crippen LogP contribution in [0.3, 0.4) is 0 Å². The Morgan fingerprint density at radius 2 is 1.94 bits per heavy atom. The number of anilines is 1. The van der Waals surface area contributed by atoms with Gasteiger partial charge in [0, 0.05) is 57.0 Å². The number of hydrogen-bond acceptors (Lipinski definition) is 5. The normalized spacial score (nSPS) is 18.4. The van der Waals surface area contributed by atoms with Crippen LogP contribution in [0.2, 0.25) is 0 Å². The van der Waals surface area contributed by atoms with E-state index in [1.807, 2.05) is 24.4 Å². The van der Waals surface area contributed by atoms with Crippen molar-refractivity contribution in [3.63, 3.8) is 0 Å². The van der Waals surface area contributed by atoms with Gasteiger partial charge in [0.25, 0.3) is 0 Å². The number of fused-ring (bicyclic) bond motifs is 1. The molecule has 1 aliphatic rings. The SMILES string of the molecule is CC(=O)Nc1cc2c(-c3ccc(CN4CCN(S(C)(=O)=O)CC4C)cc3)cccn2n1. The fourth-order valence-electron chi connectivity index (χ4n) is 4.02. The molecule has 0 radical (unpaired) electrons. The number of hydrogen-bond donors (Lipinski definition) is 1. The van der Waals surface area contributed by atoms with Gasteiger partial charge >= 0.3 is 0 Å². The van der Waals surface area contributed by atoms with Crippen LogP contribution in [0.15, 0.2) is 48.7 Å². The molecule has 0 saturated carbocycles. The van der Waals surface area contributed by atoms with Gasteiger partial charge in [0.05, 0.1) is 11.8 Å². The molecule has 1 aromatic carbocycles. The predicted molar refractivity (Wildman–Crippen MR) is 121 cm³/mol. The summed E-state index contributed by atoms with van der Waals surface area (Å²) in [5.41, 5.74) is 4.21. The molecule has 1 fully saturated rings. The number of carbonyl (C=O) groups excluding carboxylic acids is 1. The van der Waals surface area contributed by atoms with Gasteiger partial charge in [-0.3, -0.25) is 9.69 Å². The topological polar surface area (TPSA) is 87.0 Å². The van der Waals surface area contributed by atoms with Crippen molar-refractivity contribution < 1.29 is 13.2 Å². The maximum absolute atomic E-state index is 11.8. The molecule has 8 nitrogen and oxygen atoms in total. The van der Waals surface area contributed by atoms with Crippen LogP contribution in [0.4, 0.5) is 5.82 Å². The Bertz CT molecular complexity index is 1200.